The zero-order valence-corrected chi connectivity index (χ0v) is 51.8. The van der Waals surface area contributed by atoms with Gasteiger partial charge in [-0.2, -0.15) is 0 Å². The molecule has 0 spiro atoms. The molecule has 0 unspecified atom stereocenters. The molecule has 0 aromatic carbocycles. The van der Waals surface area contributed by atoms with E-state index in [1.807, 2.05) is 111 Å². The second-order valence-electron chi connectivity index (χ2n) is 25.1. The maximum absolute atomic E-state index is 6.87. The molecule has 30 heteroatoms. The summed E-state index contributed by atoms with van der Waals surface area (Å²) in [6, 6.07) is 0. The van der Waals surface area contributed by atoms with Crippen molar-refractivity contribution >= 4 is 55.8 Å². The third-order valence-electron chi connectivity index (χ3n) is 14.8. The lowest BCUT2D eigenvalue weighted by atomic mass is 9.99. The molecule has 12 heterocycles. The Balaban J connectivity index is 0.832. The Morgan fingerprint density at radius 2 is 0.436 bits per heavy atom. The first-order valence-corrected chi connectivity index (χ1v) is 35.3. The Morgan fingerprint density at radius 1 is 0.269 bits per heavy atom. The minimum absolute atomic E-state index is 0.122. The third kappa shape index (κ3) is 12.1. The van der Waals surface area contributed by atoms with Crippen molar-refractivity contribution in [2.24, 2.45) is 0 Å². The van der Waals surface area contributed by atoms with Crippen LogP contribution in [0.3, 0.4) is 0 Å². The molecule has 0 radical (unpaired) electrons. The summed E-state index contributed by atoms with van der Waals surface area (Å²) in [6.45, 7) is 28.8. The first-order chi connectivity index (χ1) is 36.0. The minimum Gasteiger partial charge on any atom is -0.342 e. The van der Waals surface area contributed by atoms with Crippen LogP contribution in [0, 0.1) is 0 Å². The van der Waals surface area contributed by atoms with E-state index >= 15 is 0 Å². The second kappa shape index (κ2) is 20.3. The molecule has 20 atom stereocenters. The molecular formula is C48H76O24P2S4. The molecule has 0 aromatic heterocycles. The fraction of sp³-hybridized carbons (Fsp3) is 1.00. The van der Waals surface area contributed by atoms with Crippen molar-refractivity contribution in [2.75, 3.05) is 26.4 Å². The average molecular weight is 1230 g/mol. The van der Waals surface area contributed by atoms with Gasteiger partial charge in [-0.3, -0.25) is 0 Å². The lowest BCUT2D eigenvalue weighted by Crippen LogP contribution is -2.56. The SMILES string of the molecule is CC1(C)O[C@@H]2O[C@@H](COP(=S)(OC[C@@H]3O[C@H]4OC(C)(C)O[C@H]4[C@@H]4OC(C)(C)O[C@@H]43)SSP(=S)(OC[C@H]3O[C@@H]4OC(C)(C)O[C@@H]4[C@H]4OC(C)(C)O[C@H]43)OC[C@H]3O[C@@H]4OC(C)(C)O[C@@H]4[C@H]4OC(C)(C)O[C@H]43)[C@H]3OC(C)(C)O[C@H]3[C@@H]2O1. The van der Waals surface area contributed by atoms with Crippen molar-refractivity contribution in [2.45, 2.75) is 280 Å². The Bertz CT molecular complexity index is 2060. The van der Waals surface area contributed by atoms with Gasteiger partial charge in [-0.1, -0.05) is 0 Å². The molecule has 0 bridgehead atoms. The summed E-state index contributed by atoms with van der Waals surface area (Å²) in [4.78, 5) is 0. The van der Waals surface area contributed by atoms with Crippen LogP contribution in [0.4, 0.5) is 0 Å². The summed E-state index contributed by atoms with van der Waals surface area (Å²) in [7, 11) is 2.16. The van der Waals surface area contributed by atoms with Crippen LogP contribution in [0.5, 0.6) is 0 Å². The summed E-state index contributed by atoms with van der Waals surface area (Å²) < 4.78 is 156. The molecule has 24 nitrogen and oxygen atoms in total. The van der Waals surface area contributed by atoms with Crippen LogP contribution in [-0.2, 0) is 136 Å². The number of hydrogen-bond acceptors (Lipinski definition) is 28. The molecule has 0 aromatic rings. The highest BCUT2D eigenvalue weighted by atomic mass is 33.5. The predicted octanol–water partition coefficient (Wildman–Crippen LogP) is 6.47. The average Bonchev–Trinajstić information content (AvgIpc) is 4.40. The Kier molecular flexibility index (Phi) is 15.5. The van der Waals surface area contributed by atoms with E-state index < -0.39 is 181 Å². The highest BCUT2D eigenvalue weighted by molar-refractivity contribution is 9.17. The van der Waals surface area contributed by atoms with Crippen LogP contribution in [0.1, 0.15) is 111 Å². The van der Waals surface area contributed by atoms with Crippen LogP contribution in [-0.4, -0.2) is 196 Å². The molecule has 12 aliphatic rings. The van der Waals surface area contributed by atoms with Gasteiger partial charge in [0.15, 0.2) is 71.5 Å². The topological polar surface area (TPSA) is 222 Å². The Hall–Kier alpha value is 1.04. The smallest absolute Gasteiger partial charge is 0.258 e. The summed E-state index contributed by atoms with van der Waals surface area (Å²) in [5, 5.41) is 0. The predicted molar refractivity (Wildman–Crippen MR) is 278 cm³/mol. The normalized spacial score (nSPS) is 47.7. The Labute approximate surface area is 472 Å². The van der Waals surface area contributed by atoms with Crippen molar-refractivity contribution in [3.05, 3.63) is 0 Å². The van der Waals surface area contributed by atoms with Crippen molar-refractivity contribution in [1.82, 2.24) is 0 Å². The minimum atomic E-state index is -3.64. The monoisotopic (exact) mass is 1230 g/mol. The molecule has 0 saturated carbocycles. The van der Waals surface area contributed by atoms with E-state index in [9.17, 15) is 0 Å². The van der Waals surface area contributed by atoms with Gasteiger partial charge in [0.05, 0.1) is 26.4 Å². The van der Waals surface area contributed by atoms with Crippen LogP contribution >= 0.6 is 32.2 Å². The molecule has 446 valence electrons. The first kappa shape index (κ1) is 59.4. The molecule has 0 amide bonds. The molecular weight excluding hydrogens is 1150 g/mol. The lowest BCUT2D eigenvalue weighted by Gasteiger charge is -2.39. The summed E-state index contributed by atoms with van der Waals surface area (Å²) in [5.41, 5.74) is -7.28. The van der Waals surface area contributed by atoms with E-state index in [0.29, 0.717) is 0 Å². The standard InChI is InChI=1S/C48H76O24P2S4/c1-41(2)57-25-21(53-37-33(29(25)61-41)65-45(9,10)69-37)17-49-73(75,50-18-22-26-30(62-42(3,4)58-26)34-38(54-22)70-46(11,12)66-34)77-78-74(76,51-19-23-27-31(63-43(5,6)59-27)35-39(55-23)71-47(13,14)67-35)52-20-24-28-32(64-44(7,8)60-28)36-40(56-24)72-48(15,16)68-36/h21-40H,17-20H2,1-16H3/t21-,22-,23+,24+,25+,26+,27-,28-,29+,30+,31-,32-,33-,34-,35+,36+,37-,38-,39+,40+. The first-order valence-electron chi connectivity index (χ1n) is 26.7. The van der Waals surface area contributed by atoms with Gasteiger partial charge in [0, 0.05) is 20.8 Å². The highest BCUT2D eigenvalue weighted by Crippen LogP contribution is 2.78. The van der Waals surface area contributed by atoms with Crippen molar-refractivity contribution < 1.29 is 113 Å². The van der Waals surface area contributed by atoms with Crippen molar-refractivity contribution in [3.63, 3.8) is 0 Å². The zero-order chi connectivity index (χ0) is 55.8. The van der Waals surface area contributed by atoms with Crippen molar-refractivity contribution in [1.29, 1.82) is 0 Å². The maximum atomic E-state index is 6.87. The van der Waals surface area contributed by atoms with Gasteiger partial charge in [-0.25, -0.2) is 0 Å². The van der Waals surface area contributed by atoms with E-state index in [1.54, 1.807) is 0 Å². The van der Waals surface area contributed by atoms with Gasteiger partial charge in [-0.15, -0.1) is 0 Å². The van der Waals surface area contributed by atoms with Gasteiger partial charge in [0.25, 0.3) is 11.4 Å². The van der Waals surface area contributed by atoms with Crippen LogP contribution in [0.2, 0.25) is 0 Å². The second-order valence-corrected chi connectivity index (χ2v) is 38.9. The molecule has 0 aliphatic carbocycles. The van der Waals surface area contributed by atoms with E-state index in [0.717, 1.165) is 20.8 Å². The fourth-order valence-electron chi connectivity index (χ4n) is 12.2. The molecule has 12 saturated heterocycles. The molecule has 0 N–H and O–H groups in total. The quantitative estimate of drug-likeness (QED) is 0.127. The van der Waals surface area contributed by atoms with E-state index in [1.165, 1.54) is 0 Å². The number of rotatable bonds is 15. The number of hydrogen-bond donors (Lipinski definition) is 0. The van der Waals surface area contributed by atoms with Gasteiger partial charge < -0.3 is 113 Å². The molecule has 78 heavy (non-hydrogen) atoms. The lowest BCUT2D eigenvalue weighted by molar-refractivity contribution is -0.240. The van der Waals surface area contributed by atoms with Gasteiger partial charge in [0.1, 0.15) is 97.7 Å². The van der Waals surface area contributed by atoms with Crippen LogP contribution in [0.15, 0.2) is 0 Å². The molecule has 12 fully saturated rings. The van der Waals surface area contributed by atoms with E-state index in [-0.39, 0.29) is 26.4 Å². The van der Waals surface area contributed by atoms with Crippen LogP contribution in [0.25, 0.3) is 0 Å². The molecule has 12 rings (SSSR count). The van der Waals surface area contributed by atoms with Crippen LogP contribution < -0.4 is 0 Å². The van der Waals surface area contributed by atoms with Gasteiger partial charge >= 0.3 is 0 Å². The summed E-state index contributed by atoms with van der Waals surface area (Å²) >= 11 is 13.1. The van der Waals surface area contributed by atoms with Gasteiger partial charge in [-0.05, 0) is 134 Å². The van der Waals surface area contributed by atoms with E-state index in [4.69, 9.17) is 136 Å². The zero-order valence-electron chi connectivity index (χ0n) is 46.7. The molecule has 12 aliphatic heterocycles. The fourth-order valence-corrected chi connectivity index (χ4v) is 28.3. The largest absolute Gasteiger partial charge is 0.342 e. The van der Waals surface area contributed by atoms with Gasteiger partial charge in [0.2, 0.25) is 0 Å². The number of ether oxygens (including phenoxy) is 20. The van der Waals surface area contributed by atoms with E-state index in [2.05, 4.69) is 0 Å². The summed E-state index contributed by atoms with van der Waals surface area (Å²) in [5.74, 6) is -7.70. The summed E-state index contributed by atoms with van der Waals surface area (Å²) in [6.07, 6.45) is -13.3. The Morgan fingerprint density at radius 3 is 0.641 bits per heavy atom. The maximum Gasteiger partial charge on any atom is 0.258 e. The highest BCUT2D eigenvalue weighted by Gasteiger charge is 2.65. The number of fused-ring (bicyclic) bond motifs is 12. The van der Waals surface area contributed by atoms with Crippen molar-refractivity contribution in [3.8, 4) is 0 Å². The third-order valence-corrected chi connectivity index (χ3v) is 29.9.